The number of carbonyl (C=O) groups is 4. The van der Waals surface area contributed by atoms with Crippen molar-refractivity contribution < 1.29 is 90.0 Å². The van der Waals surface area contributed by atoms with Gasteiger partial charge in [-0.05, 0) is 47.4 Å². The van der Waals surface area contributed by atoms with E-state index in [2.05, 4.69) is 55.2 Å². The fourth-order valence-electron chi connectivity index (χ4n) is 7.54. The van der Waals surface area contributed by atoms with Gasteiger partial charge in [0.15, 0.2) is 17.7 Å². The second kappa shape index (κ2) is 24.1. The summed E-state index contributed by atoms with van der Waals surface area (Å²) >= 11 is 0.979. The summed E-state index contributed by atoms with van der Waals surface area (Å²) in [5.74, 6) is -0.726. The molecule has 6 rings (SSSR count). The van der Waals surface area contributed by atoms with E-state index in [0.717, 1.165) is 34.7 Å². The molecule has 3 amide bonds. The summed E-state index contributed by atoms with van der Waals surface area (Å²) in [5.41, 5.74) is 6.68. The van der Waals surface area contributed by atoms with Crippen molar-refractivity contribution in [2.75, 3.05) is 55.8 Å². The second-order valence-corrected chi connectivity index (χ2v) is 24.2. The molecule has 2 aromatic heterocycles. The second-order valence-electron chi connectivity index (χ2n) is 18.9. The summed E-state index contributed by atoms with van der Waals surface area (Å²) in [5, 5.41) is 26.4. The molecule has 27 nitrogen and oxygen atoms in total. The standard InChI is InChI=1S/C43H59N8O19P3S/c1-42(2,3)27-8-10-28(11-9-27)50-19-25(18-32(50)53)20-65-29-12-6-26(7-13-29)41(57)74-17-16-45-31(52)14-15-46-39(56)36(55)43(4,5)22-67-73(63,64)70-72(61,62)66-21-30-35(69-71(58,59)60)34(54)40(68-30)51-24-49-33-37(44)47-23-48-38(33)51/h6-13,23-25,30,34-36,40,54-55H,14-22H2,1-5H3,(H,45,52)(H,46,56)(H,61,62)(H,63,64)(H2,44,47,48)(H2,58,59,60)/t25-,30+,34+,35+,36-,40+/m0/s1. The van der Waals surface area contributed by atoms with Crippen LogP contribution in [0.3, 0.4) is 0 Å². The molecule has 0 bridgehead atoms. The number of fused-ring (bicyclic) bond motifs is 1. The third-order valence-corrected chi connectivity index (χ3v) is 15.6. The summed E-state index contributed by atoms with van der Waals surface area (Å²) in [7, 11) is -16.5. The van der Waals surface area contributed by atoms with Gasteiger partial charge in [0.05, 0.1) is 26.1 Å². The van der Waals surface area contributed by atoms with Crippen molar-refractivity contribution in [2.24, 2.45) is 11.3 Å². The van der Waals surface area contributed by atoms with E-state index >= 15 is 0 Å². The Labute approximate surface area is 428 Å². The van der Waals surface area contributed by atoms with Gasteiger partial charge < -0.3 is 60.5 Å². The monoisotopic (exact) mass is 1120 g/mol. The Morgan fingerprint density at radius 2 is 1.59 bits per heavy atom. The van der Waals surface area contributed by atoms with E-state index in [0.29, 0.717) is 30.9 Å². The molecule has 74 heavy (non-hydrogen) atoms. The van der Waals surface area contributed by atoms with Gasteiger partial charge >= 0.3 is 23.5 Å². The van der Waals surface area contributed by atoms with Gasteiger partial charge in [-0.15, -0.1) is 0 Å². The van der Waals surface area contributed by atoms with Gasteiger partial charge in [-0.25, -0.2) is 28.6 Å². The minimum absolute atomic E-state index is 0.00400. The number of phosphoric ester groups is 3. The first kappa shape index (κ1) is 58.5. The molecule has 0 radical (unpaired) electrons. The van der Waals surface area contributed by atoms with E-state index in [4.69, 9.17) is 24.3 Å². The molecular formula is C43H59N8O19P3S. The third-order valence-electron chi connectivity index (χ3n) is 11.6. The van der Waals surface area contributed by atoms with E-state index in [1.165, 1.54) is 19.4 Å². The molecule has 10 N–H and O–H groups in total. The summed E-state index contributed by atoms with van der Waals surface area (Å²) < 4.78 is 68.5. The predicted octanol–water partition coefficient (Wildman–Crippen LogP) is 2.71. The Balaban J connectivity index is 0.861. The minimum atomic E-state index is -5.60. The van der Waals surface area contributed by atoms with Crippen molar-refractivity contribution in [3.63, 3.8) is 0 Å². The highest BCUT2D eigenvalue weighted by Crippen LogP contribution is 2.61. The van der Waals surface area contributed by atoms with Crippen molar-refractivity contribution in [3.8, 4) is 5.75 Å². The van der Waals surface area contributed by atoms with Crippen molar-refractivity contribution in [2.45, 2.75) is 83.5 Å². The van der Waals surface area contributed by atoms with E-state index < -0.39 is 84.6 Å². The number of hydrogen-bond donors (Lipinski definition) is 9. The predicted molar refractivity (Wildman–Crippen MR) is 264 cm³/mol. The van der Waals surface area contributed by atoms with Crippen molar-refractivity contribution in [1.29, 1.82) is 0 Å². The van der Waals surface area contributed by atoms with Crippen LogP contribution in [0.15, 0.2) is 61.2 Å². The SMILES string of the molecule is CC(C)(C)c1ccc(N2C[C@@H](COc3ccc(C(=O)SCCNC(=O)CCNC(=O)[C@H](O)C(C)(C)COP(=O)(O)OP(=O)(O)OC[C@H]4O[C@@H](n5cnc6c(N)ncnc65)[C@H](O)[C@@H]4OP(=O)(O)O)cc3)CC2=O)cc1. The number of aliphatic hydroxyl groups excluding tert-OH is 2. The van der Waals surface area contributed by atoms with Gasteiger partial charge in [-0.3, -0.25) is 37.3 Å². The Hall–Kier alpha value is -4.73. The van der Waals surface area contributed by atoms with Crippen molar-refractivity contribution >= 4 is 80.7 Å². The molecule has 2 saturated heterocycles. The van der Waals surface area contributed by atoms with Gasteiger partial charge in [-0.2, -0.15) is 4.31 Å². The first-order valence-electron chi connectivity index (χ1n) is 22.7. The lowest BCUT2D eigenvalue weighted by atomic mass is 9.87. The van der Waals surface area contributed by atoms with Crippen LogP contribution < -0.4 is 26.0 Å². The fourth-order valence-corrected chi connectivity index (χ4v) is 11.1. The van der Waals surface area contributed by atoms with Crippen LogP contribution in [-0.2, 0) is 56.1 Å². The van der Waals surface area contributed by atoms with Crippen LogP contribution in [0, 0.1) is 11.3 Å². The zero-order valence-corrected chi connectivity index (χ0v) is 44.2. The average molecular weight is 1120 g/mol. The minimum Gasteiger partial charge on any atom is -0.493 e. The molecule has 4 heterocycles. The number of ether oxygens (including phenoxy) is 2. The number of imidazole rings is 1. The first-order chi connectivity index (χ1) is 34.5. The smallest absolute Gasteiger partial charge is 0.481 e. The molecule has 2 fully saturated rings. The summed E-state index contributed by atoms with van der Waals surface area (Å²) in [4.78, 5) is 104. The number of amides is 3. The quantitative estimate of drug-likeness (QED) is 0.0360. The number of phosphoric acid groups is 3. The van der Waals surface area contributed by atoms with Crippen LogP contribution >= 0.6 is 35.2 Å². The number of benzene rings is 2. The van der Waals surface area contributed by atoms with Gasteiger partial charge in [0.2, 0.25) is 22.8 Å². The number of aliphatic hydroxyl groups is 2. The van der Waals surface area contributed by atoms with Crippen molar-refractivity contribution in [1.82, 2.24) is 30.2 Å². The fraction of sp³-hybridized carbons (Fsp3) is 0.512. The lowest BCUT2D eigenvalue weighted by Gasteiger charge is -2.30. The Morgan fingerprint density at radius 3 is 2.26 bits per heavy atom. The van der Waals surface area contributed by atoms with Crippen LogP contribution in [0.4, 0.5) is 11.5 Å². The van der Waals surface area contributed by atoms with E-state index in [9.17, 15) is 62.7 Å². The number of hydrogen-bond acceptors (Lipinski definition) is 20. The highest BCUT2D eigenvalue weighted by molar-refractivity contribution is 8.14. The zero-order valence-electron chi connectivity index (χ0n) is 40.7. The number of carbonyl (C=O) groups excluding carboxylic acids is 4. The molecular weight excluding hydrogens is 1060 g/mol. The molecule has 2 aliphatic rings. The lowest BCUT2D eigenvalue weighted by Crippen LogP contribution is -2.46. The van der Waals surface area contributed by atoms with Crippen LogP contribution in [0.1, 0.15) is 69.6 Å². The number of thioether (sulfide) groups is 1. The molecule has 2 unspecified atom stereocenters. The molecule has 406 valence electrons. The van der Waals surface area contributed by atoms with Crippen molar-refractivity contribution in [3.05, 3.63) is 72.3 Å². The normalized spacial score (nSPS) is 21.5. The maximum absolute atomic E-state index is 12.8. The van der Waals surface area contributed by atoms with Gasteiger partial charge in [0, 0.05) is 60.8 Å². The number of nitrogens with one attached hydrogen (secondary N) is 2. The molecule has 8 atom stereocenters. The third kappa shape index (κ3) is 15.9. The van der Waals surface area contributed by atoms with E-state index in [1.54, 1.807) is 29.2 Å². The largest absolute Gasteiger partial charge is 0.493 e. The highest BCUT2D eigenvalue weighted by Gasteiger charge is 2.50. The summed E-state index contributed by atoms with van der Waals surface area (Å²) in [6.07, 6.45) is -6.71. The van der Waals surface area contributed by atoms with Crippen LogP contribution in [0.5, 0.6) is 5.75 Å². The van der Waals surface area contributed by atoms with Crippen LogP contribution in [0.25, 0.3) is 11.2 Å². The zero-order chi connectivity index (χ0) is 54.4. The number of nitrogen functional groups attached to an aromatic ring is 1. The summed E-state index contributed by atoms with van der Waals surface area (Å²) in [6.45, 7) is 7.56. The molecule has 4 aromatic rings. The van der Waals surface area contributed by atoms with Crippen LogP contribution in [0.2, 0.25) is 0 Å². The number of nitrogens with zero attached hydrogens (tertiary/aromatic N) is 5. The number of anilines is 2. The van der Waals surface area contributed by atoms with E-state index in [1.807, 2.05) is 24.3 Å². The Kier molecular flexibility index (Phi) is 19.0. The molecule has 2 aromatic carbocycles. The lowest BCUT2D eigenvalue weighted by molar-refractivity contribution is -0.137. The maximum atomic E-state index is 12.8. The Morgan fingerprint density at radius 1 is 0.919 bits per heavy atom. The number of aromatic nitrogens is 4. The Bertz CT molecular complexity index is 2800. The average Bonchev–Trinajstić information content (AvgIpc) is 4.01. The molecule has 31 heteroatoms. The first-order valence-corrected chi connectivity index (χ1v) is 28.2. The van der Waals surface area contributed by atoms with Crippen LogP contribution in [-0.4, -0.2) is 142 Å². The van der Waals surface area contributed by atoms with Gasteiger partial charge in [0.25, 0.3) is 0 Å². The number of rotatable bonds is 24. The molecule has 2 aliphatic heterocycles. The number of nitrogens with two attached hydrogens (primary N) is 1. The molecule has 0 spiro atoms. The molecule has 0 aliphatic carbocycles. The topological polar surface area (TPSA) is 393 Å². The van der Waals surface area contributed by atoms with E-state index in [-0.39, 0.29) is 64.6 Å². The highest BCUT2D eigenvalue weighted by atomic mass is 32.2. The maximum Gasteiger partial charge on any atom is 0.481 e. The summed E-state index contributed by atoms with van der Waals surface area (Å²) in [6, 6.07) is 14.6. The van der Waals surface area contributed by atoms with Gasteiger partial charge in [-0.1, -0.05) is 58.5 Å². The van der Waals surface area contributed by atoms with Gasteiger partial charge in [0.1, 0.15) is 42.0 Å². The molecule has 0 saturated carbocycles.